The van der Waals surface area contributed by atoms with Gasteiger partial charge in [0.1, 0.15) is 24.7 Å². The van der Waals surface area contributed by atoms with Gasteiger partial charge in [-0.15, -0.1) is 0 Å². The third-order valence-corrected chi connectivity index (χ3v) is 3.83. The smallest absolute Gasteiger partial charge is 0.181 e. The standard InChI is InChI=1S/C18H19FN2O2/c1-22-16-7-2-4-13(8-16)11-20-12-17-10-18(21-23-17)14-5-3-6-15(19)9-14/h2-9,17,20H,10-12H2,1H3/p+1/t17-/m1/s1. The summed E-state index contributed by atoms with van der Waals surface area (Å²) in [5.74, 6) is 0.614. The number of hydrogen-bond acceptors (Lipinski definition) is 3. The van der Waals surface area contributed by atoms with Gasteiger partial charge in [-0.3, -0.25) is 0 Å². The van der Waals surface area contributed by atoms with Crippen molar-refractivity contribution in [2.75, 3.05) is 13.7 Å². The minimum atomic E-state index is -0.252. The van der Waals surface area contributed by atoms with Crippen molar-refractivity contribution in [3.63, 3.8) is 0 Å². The van der Waals surface area contributed by atoms with Crippen LogP contribution in [0.5, 0.6) is 5.75 Å². The van der Waals surface area contributed by atoms with E-state index < -0.39 is 0 Å². The number of nitrogens with zero attached hydrogens (tertiary/aromatic N) is 1. The highest BCUT2D eigenvalue weighted by atomic mass is 19.1. The lowest BCUT2D eigenvalue weighted by molar-refractivity contribution is -0.676. The number of hydrogen-bond donors (Lipinski definition) is 1. The number of methoxy groups -OCH3 is 1. The van der Waals surface area contributed by atoms with E-state index in [0.717, 1.165) is 30.1 Å². The first-order chi connectivity index (χ1) is 11.2. The van der Waals surface area contributed by atoms with Crippen LogP contribution in [-0.4, -0.2) is 25.5 Å². The lowest BCUT2D eigenvalue weighted by Gasteiger charge is -2.08. The summed E-state index contributed by atoms with van der Waals surface area (Å²) in [5, 5.41) is 6.28. The van der Waals surface area contributed by atoms with Gasteiger partial charge in [0.15, 0.2) is 6.10 Å². The zero-order chi connectivity index (χ0) is 16.1. The number of halogens is 1. The molecule has 0 aromatic heterocycles. The Balaban J connectivity index is 1.48. The number of quaternary nitrogens is 1. The maximum absolute atomic E-state index is 13.3. The summed E-state index contributed by atoms with van der Waals surface area (Å²) in [5.41, 5.74) is 2.80. The molecule has 5 heteroatoms. The second kappa shape index (κ2) is 7.24. The zero-order valence-electron chi connectivity index (χ0n) is 13.0. The van der Waals surface area contributed by atoms with Crippen LogP contribution in [0, 0.1) is 5.82 Å². The van der Waals surface area contributed by atoms with Gasteiger partial charge in [0.05, 0.1) is 12.8 Å². The Kier molecular flexibility index (Phi) is 4.88. The second-order valence-corrected chi connectivity index (χ2v) is 5.56. The van der Waals surface area contributed by atoms with E-state index in [-0.39, 0.29) is 11.9 Å². The molecule has 0 amide bonds. The van der Waals surface area contributed by atoms with E-state index in [4.69, 9.17) is 9.57 Å². The van der Waals surface area contributed by atoms with Crippen LogP contribution < -0.4 is 10.1 Å². The van der Waals surface area contributed by atoms with Gasteiger partial charge in [0, 0.05) is 17.5 Å². The molecule has 0 fully saturated rings. The van der Waals surface area contributed by atoms with Crippen LogP contribution in [-0.2, 0) is 11.4 Å². The molecule has 23 heavy (non-hydrogen) atoms. The van der Waals surface area contributed by atoms with Gasteiger partial charge in [-0.25, -0.2) is 4.39 Å². The fraction of sp³-hybridized carbons (Fsp3) is 0.278. The lowest BCUT2D eigenvalue weighted by Crippen LogP contribution is -2.84. The van der Waals surface area contributed by atoms with Crippen molar-refractivity contribution < 1.29 is 19.3 Å². The molecule has 2 N–H and O–H groups in total. The Labute approximate surface area is 134 Å². The van der Waals surface area contributed by atoms with Crippen molar-refractivity contribution in [1.29, 1.82) is 0 Å². The van der Waals surface area contributed by atoms with Gasteiger partial charge in [0.2, 0.25) is 0 Å². The van der Waals surface area contributed by atoms with Crippen LogP contribution in [0.2, 0.25) is 0 Å². The first kappa shape index (κ1) is 15.5. The van der Waals surface area contributed by atoms with E-state index in [2.05, 4.69) is 16.5 Å². The summed E-state index contributed by atoms with van der Waals surface area (Å²) in [7, 11) is 1.67. The van der Waals surface area contributed by atoms with E-state index >= 15 is 0 Å². The summed E-state index contributed by atoms with van der Waals surface area (Å²) >= 11 is 0. The molecule has 0 bridgehead atoms. The maximum atomic E-state index is 13.3. The molecular weight excluding hydrogens is 295 g/mol. The number of ether oxygens (including phenoxy) is 1. The Morgan fingerprint density at radius 3 is 2.96 bits per heavy atom. The van der Waals surface area contributed by atoms with E-state index in [1.165, 1.54) is 17.7 Å². The Morgan fingerprint density at radius 2 is 2.13 bits per heavy atom. The van der Waals surface area contributed by atoms with Crippen LogP contribution >= 0.6 is 0 Å². The first-order valence-corrected chi connectivity index (χ1v) is 7.68. The molecule has 4 nitrogen and oxygen atoms in total. The summed E-state index contributed by atoms with van der Waals surface area (Å²) in [6, 6.07) is 14.5. The van der Waals surface area contributed by atoms with Crippen molar-refractivity contribution in [3.05, 3.63) is 65.5 Å². The number of nitrogens with two attached hydrogens (primary N) is 1. The molecule has 0 saturated heterocycles. The highest BCUT2D eigenvalue weighted by Gasteiger charge is 2.23. The summed E-state index contributed by atoms with van der Waals surface area (Å²) in [6.07, 6.45) is 0.733. The average Bonchev–Trinajstić information content (AvgIpc) is 3.04. The van der Waals surface area contributed by atoms with Crippen molar-refractivity contribution in [2.45, 2.75) is 19.1 Å². The molecule has 0 unspecified atom stereocenters. The maximum Gasteiger partial charge on any atom is 0.181 e. The van der Waals surface area contributed by atoms with Gasteiger partial charge in [-0.1, -0.05) is 29.4 Å². The molecule has 1 aliphatic rings. The predicted octanol–water partition coefficient (Wildman–Crippen LogP) is 2.09. The predicted molar refractivity (Wildman–Crippen MR) is 85.9 cm³/mol. The summed E-state index contributed by atoms with van der Waals surface area (Å²) in [4.78, 5) is 5.45. The van der Waals surface area contributed by atoms with Crippen molar-refractivity contribution in [1.82, 2.24) is 0 Å². The van der Waals surface area contributed by atoms with E-state index in [9.17, 15) is 4.39 Å². The summed E-state index contributed by atoms with van der Waals surface area (Å²) < 4.78 is 18.5. The minimum Gasteiger partial charge on any atom is -0.497 e. The molecule has 1 aliphatic heterocycles. The third kappa shape index (κ3) is 4.07. The van der Waals surface area contributed by atoms with Crippen LogP contribution in [0.1, 0.15) is 17.5 Å². The molecule has 120 valence electrons. The SMILES string of the molecule is COc1cccc(C[NH2+]C[C@H]2CC(c3cccc(F)c3)=NO2)c1. The topological polar surface area (TPSA) is 47.4 Å². The van der Waals surface area contributed by atoms with Crippen LogP contribution in [0.3, 0.4) is 0 Å². The Bertz CT molecular complexity index is 703. The Hall–Kier alpha value is -2.40. The van der Waals surface area contributed by atoms with Gasteiger partial charge in [0.25, 0.3) is 0 Å². The van der Waals surface area contributed by atoms with Gasteiger partial charge in [-0.2, -0.15) is 0 Å². The second-order valence-electron chi connectivity index (χ2n) is 5.56. The molecule has 1 atom stereocenters. The van der Waals surface area contributed by atoms with Crippen LogP contribution in [0.4, 0.5) is 4.39 Å². The highest BCUT2D eigenvalue weighted by Crippen LogP contribution is 2.16. The van der Waals surface area contributed by atoms with E-state index in [0.29, 0.717) is 6.42 Å². The van der Waals surface area contributed by atoms with E-state index in [1.807, 2.05) is 24.3 Å². The lowest BCUT2D eigenvalue weighted by atomic mass is 10.0. The number of benzene rings is 2. The van der Waals surface area contributed by atoms with Crippen LogP contribution in [0.25, 0.3) is 0 Å². The summed E-state index contributed by atoms with van der Waals surface area (Å²) in [6.45, 7) is 1.66. The fourth-order valence-corrected chi connectivity index (χ4v) is 2.63. The molecule has 0 saturated carbocycles. The minimum absolute atomic E-state index is 0.0267. The molecule has 0 spiro atoms. The Morgan fingerprint density at radius 1 is 1.26 bits per heavy atom. The van der Waals surface area contributed by atoms with Crippen LogP contribution in [0.15, 0.2) is 53.7 Å². The van der Waals surface area contributed by atoms with Gasteiger partial charge in [-0.05, 0) is 24.3 Å². The van der Waals surface area contributed by atoms with Crippen molar-refractivity contribution >= 4 is 5.71 Å². The normalized spacial score (nSPS) is 16.8. The largest absolute Gasteiger partial charge is 0.497 e. The zero-order valence-corrected chi connectivity index (χ0v) is 13.0. The van der Waals surface area contributed by atoms with Gasteiger partial charge >= 0.3 is 0 Å². The molecule has 0 aliphatic carbocycles. The molecule has 0 radical (unpaired) electrons. The quantitative estimate of drug-likeness (QED) is 0.887. The molecule has 3 rings (SSSR count). The third-order valence-electron chi connectivity index (χ3n) is 3.83. The molecule has 2 aromatic carbocycles. The average molecular weight is 315 g/mol. The number of rotatable bonds is 6. The van der Waals surface area contributed by atoms with Crippen molar-refractivity contribution in [3.8, 4) is 5.75 Å². The molecule has 2 aromatic rings. The highest BCUT2D eigenvalue weighted by molar-refractivity contribution is 6.01. The first-order valence-electron chi connectivity index (χ1n) is 7.68. The number of oxime groups is 1. The monoisotopic (exact) mass is 315 g/mol. The fourth-order valence-electron chi connectivity index (χ4n) is 2.63. The molecular formula is C18H20FN2O2+. The van der Waals surface area contributed by atoms with Gasteiger partial charge < -0.3 is 14.9 Å². The van der Waals surface area contributed by atoms with Crippen molar-refractivity contribution in [2.24, 2.45) is 5.16 Å². The molecule has 1 heterocycles. The van der Waals surface area contributed by atoms with E-state index in [1.54, 1.807) is 13.2 Å².